The summed E-state index contributed by atoms with van der Waals surface area (Å²) in [6, 6.07) is 6.20. The van der Waals surface area contributed by atoms with Gasteiger partial charge in [-0.2, -0.15) is 0 Å². The number of hydrogen-bond donors (Lipinski definition) is 0. The summed E-state index contributed by atoms with van der Waals surface area (Å²) in [5.74, 6) is 0.778. The molecule has 98 valence electrons. The zero-order valence-electron chi connectivity index (χ0n) is 11.1. The number of nitrogens with zero attached hydrogens (tertiary/aromatic N) is 1. The Hall–Kier alpha value is -1.55. The molecule has 1 heterocycles. The molecule has 1 aromatic rings. The van der Waals surface area contributed by atoms with E-state index < -0.39 is 0 Å². The maximum Gasteiger partial charge on any atom is 0.307 e. The first-order valence-electron chi connectivity index (χ1n) is 6.10. The summed E-state index contributed by atoms with van der Waals surface area (Å²) in [7, 11) is 5.36. The van der Waals surface area contributed by atoms with Crippen molar-refractivity contribution in [2.75, 3.05) is 27.8 Å². The number of rotatable bonds is 4. The van der Waals surface area contributed by atoms with E-state index in [1.165, 1.54) is 12.7 Å². The third-order valence-corrected chi connectivity index (χ3v) is 3.31. The molecule has 4 nitrogen and oxygen atoms in total. The molecule has 0 amide bonds. The topological polar surface area (TPSA) is 38.8 Å². The van der Waals surface area contributed by atoms with Crippen LogP contribution in [-0.4, -0.2) is 38.7 Å². The standard InChI is InChI=1S/C14H19NO3/c1-15(2)12(9-14(16)17-3)10-4-5-13-11(8-10)6-7-18-13/h4-5,8,12H,6-7,9H2,1-3H3. The summed E-state index contributed by atoms with van der Waals surface area (Å²) in [6.07, 6.45) is 1.31. The van der Waals surface area contributed by atoms with Crippen molar-refractivity contribution in [2.24, 2.45) is 0 Å². The Morgan fingerprint density at radius 3 is 2.94 bits per heavy atom. The lowest BCUT2D eigenvalue weighted by atomic mass is 9.99. The number of carbonyl (C=O) groups is 1. The van der Waals surface area contributed by atoms with Crippen LogP contribution in [-0.2, 0) is 16.0 Å². The van der Waals surface area contributed by atoms with Gasteiger partial charge in [-0.05, 0) is 31.3 Å². The molecule has 1 unspecified atom stereocenters. The fourth-order valence-corrected chi connectivity index (χ4v) is 2.25. The van der Waals surface area contributed by atoms with E-state index in [4.69, 9.17) is 9.47 Å². The first-order valence-corrected chi connectivity index (χ1v) is 6.10. The molecule has 0 saturated heterocycles. The molecule has 0 N–H and O–H groups in total. The number of benzene rings is 1. The maximum absolute atomic E-state index is 11.5. The summed E-state index contributed by atoms with van der Waals surface area (Å²) < 4.78 is 10.2. The van der Waals surface area contributed by atoms with Gasteiger partial charge in [0.25, 0.3) is 0 Å². The van der Waals surface area contributed by atoms with E-state index in [0.717, 1.165) is 24.3 Å². The molecule has 1 atom stereocenters. The molecular weight excluding hydrogens is 230 g/mol. The Kier molecular flexibility index (Phi) is 3.87. The number of methoxy groups -OCH3 is 1. The number of esters is 1. The Morgan fingerprint density at radius 2 is 2.28 bits per heavy atom. The zero-order chi connectivity index (χ0) is 13.1. The first-order chi connectivity index (χ1) is 8.61. The molecule has 4 heteroatoms. The Labute approximate surface area is 107 Å². The van der Waals surface area contributed by atoms with Crippen LogP contribution in [0.4, 0.5) is 0 Å². The van der Waals surface area contributed by atoms with Crippen LogP contribution in [0.15, 0.2) is 18.2 Å². The molecule has 0 bridgehead atoms. The molecular formula is C14H19NO3. The van der Waals surface area contributed by atoms with E-state index in [1.807, 2.05) is 31.1 Å². The summed E-state index contributed by atoms with van der Waals surface area (Å²) in [5.41, 5.74) is 2.36. The Balaban J connectivity index is 2.22. The average molecular weight is 249 g/mol. The van der Waals surface area contributed by atoms with Gasteiger partial charge in [-0.15, -0.1) is 0 Å². The number of carbonyl (C=O) groups excluding carboxylic acids is 1. The summed E-state index contributed by atoms with van der Waals surface area (Å²) >= 11 is 0. The number of fused-ring (bicyclic) bond motifs is 1. The van der Waals surface area contributed by atoms with Crippen LogP contribution in [0, 0.1) is 0 Å². The van der Waals surface area contributed by atoms with Gasteiger partial charge < -0.3 is 14.4 Å². The monoisotopic (exact) mass is 249 g/mol. The van der Waals surface area contributed by atoms with Crippen LogP contribution >= 0.6 is 0 Å². The SMILES string of the molecule is COC(=O)CC(c1ccc2c(c1)CCO2)N(C)C. The lowest BCUT2D eigenvalue weighted by Crippen LogP contribution is -2.23. The van der Waals surface area contributed by atoms with Crippen molar-refractivity contribution in [2.45, 2.75) is 18.9 Å². The second kappa shape index (κ2) is 5.40. The van der Waals surface area contributed by atoms with Gasteiger partial charge >= 0.3 is 5.97 Å². The number of hydrogen-bond acceptors (Lipinski definition) is 4. The van der Waals surface area contributed by atoms with Gasteiger partial charge in [-0.1, -0.05) is 12.1 Å². The fourth-order valence-electron chi connectivity index (χ4n) is 2.25. The third kappa shape index (κ3) is 2.64. The van der Waals surface area contributed by atoms with Crippen molar-refractivity contribution >= 4 is 5.97 Å². The van der Waals surface area contributed by atoms with Crippen LogP contribution in [0.1, 0.15) is 23.6 Å². The van der Waals surface area contributed by atoms with Gasteiger partial charge in [0.15, 0.2) is 0 Å². The molecule has 2 rings (SSSR count). The van der Waals surface area contributed by atoms with Crippen molar-refractivity contribution in [3.8, 4) is 5.75 Å². The molecule has 1 aliphatic rings. The molecule has 0 fully saturated rings. The van der Waals surface area contributed by atoms with Crippen molar-refractivity contribution in [1.29, 1.82) is 0 Å². The predicted molar refractivity (Wildman–Crippen MR) is 68.7 cm³/mol. The van der Waals surface area contributed by atoms with E-state index >= 15 is 0 Å². The molecule has 18 heavy (non-hydrogen) atoms. The minimum atomic E-state index is -0.189. The van der Waals surface area contributed by atoms with Crippen LogP contribution in [0.3, 0.4) is 0 Å². The highest BCUT2D eigenvalue weighted by Crippen LogP contribution is 2.30. The van der Waals surface area contributed by atoms with Gasteiger partial charge in [0.2, 0.25) is 0 Å². The molecule has 1 aromatic carbocycles. The highest BCUT2D eigenvalue weighted by Gasteiger charge is 2.21. The quantitative estimate of drug-likeness (QED) is 0.763. The number of ether oxygens (including phenoxy) is 2. The average Bonchev–Trinajstić information content (AvgIpc) is 2.82. The summed E-state index contributed by atoms with van der Waals surface area (Å²) in [4.78, 5) is 13.5. The van der Waals surface area contributed by atoms with Gasteiger partial charge in [0, 0.05) is 12.5 Å². The fraction of sp³-hybridized carbons (Fsp3) is 0.500. The predicted octanol–water partition coefficient (Wildman–Crippen LogP) is 1.79. The summed E-state index contributed by atoms with van der Waals surface area (Å²) in [6.45, 7) is 0.752. The van der Waals surface area contributed by atoms with Crippen LogP contribution in [0.25, 0.3) is 0 Å². The van der Waals surface area contributed by atoms with Crippen LogP contribution in [0.5, 0.6) is 5.75 Å². The van der Waals surface area contributed by atoms with E-state index in [-0.39, 0.29) is 12.0 Å². The van der Waals surface area contributed by atoms with Crippen LogP contribution in [0.2, 0.25) is 0 Å². The molecule has 0 saturated carbocycles. The van der Waals surface area contributed by atoms with Gasteiger partial charge in [-0.3, -0.25) is 4.79 Å². The van der Waals surface area contributed by atoms with Crippen molar-refractivity contribution in [3.05, 3.63) is 29.3 Å². The smallest absolute Gasteiger partial charge is 0.307 e. The normalized spacial score (nSPS) is 15.1. The molecule has 0 aliphatic carbocycles. The Bertz CT molecular complexity index is 443. The lowest BCUT2D eigenvalue weighted by molar-refractivity contribution is -0.141. The molecule has 1 aliphatic heterocycles. The second-order valence-corrected chi connectivity index (χ2v) is 4.73. The minimum absolute atomic E-state index is 0.0448. The second-order valence-electron chi connectivity index (χ2n) is 4.73. The largest absolute Gasteiger partial charge is 0.493 e. The third-order valence-electron chi connectivity index (χ3n) is 3.31. The Morgan fingerprint density at radius 1 is 1.50 bits per heavy atom. The molecule has 0 radical (unpaired) electrons. The van der Waals surface area contributed by atoms with Crippen molar-refractivity contribution < 1.29 is 14.3 Å². The van der Waals surface area contributed by atoms with Crippen molar-refractivity contribution in [1.82, 2.24) is 4.90 Å². The lowest BCUT2D eigenvalue weighted by Gasteiger charge is -2.24. The van der Waals surface area contributed by atoms with Crippen LogP contribution < -0.4 is 4.74 Å². The molecule has 0 aromatic heterocycles. The van der Waals surface area contributed by atoms with Crippen molar-refractivity contribution in [3.63, 3.8) is 0 Å². The van der Waals surface area contributed by atoms with Gasteiger partial charge in [-0.25, -0.2) is 0 Å². The van der Waals surface area contributed by atoms with E-state index in [9.17, 15) is 4.79 Å². The molecule has 0 spiro atoms. The van der Waals surface area contributed by atoms with Gasteiger partial charge in [0.1, 0.15) is 5.75 Å². The highest BCUT2D eigenvalue weighted by molar-refractivity contribution is 5.70. The highest BCUT2D eigenvalue weighted by atomic mass is 16.5. The maximum atomic E-state index is 11.5. The van der Waals surface area contributed by atoms with Gasteiger partial charge in [0.05, 0.1) is 20.1 Å². The van der Waals surface area contributed by atoms with E-state index in [2.05, 4.69) is 6.07 Å². The zero-order valence-corrected chi connectivity index (χ0v) is 11.1. The van der Waals surface area contributed by atoms with E-state index in [1.54, 1.807) is 0 Å². The first kappa shape index (κ1) is 12.9. The summed E-state index contributed by atoms with van der Waals surface area (Å²) in [5, 5.41) is 0. The minimum Gasteiger partial charge on any atom is -0.493 e. The van der Waals surface area contributed by atoms with E-state index in [0.29, 0.717) is 6.42 Å².